The van der Waals surface area contributed by atoms with E-state index in [-0.39, 0.29) is 17.5 Å². The Bertz CT molecular complexity index is 994. The van der Waals surface area contributed by atoms with Crippen LogP contribution in [0.25, 0.3) is 11.3 Å². The topological polar surface area (TPSA) is 58.1 Å². The molecule has 1 atom stereocenters. The van der Waals surface area contributed by atoms with Crippen LogP contribution >= 0.6 is 11.6 Å². The molecule has 1 saturated heterocycles. The zero-order valence-corrected chi connectivity index (χ0v) is 16.4. The van der Waals surface area contributed by atoms with Gasteiger partial charge in [-0.15, -0.1) is 10.2 Å². The zero-order valence-electron chi connectivity index (χ0n) is 15.7. The van der Waals surface area contributed by atoms with Gasteiger partial charge in [0.15, 0.2) is 5.82 Å². The van der Waals surface area contributed by atoms with Crippen LogP contribution in [0, 0.1) is 11.7 Å². The smallest absolute Gasteiger partial charge is 0.229 e. The number of rotatable bonds is 4. The van der Waals surface area contributed by atoms with Crippen LogP contribution in [0.15, 0.2) is 60.7 Å². The van der Waals surface area contributed by atoms with E-state index >= 15 is 0 Å². The molecule has 1 aliphatic heterocycles. The number of piperidine rings is 1. The molecule has 3 aromatic rings. The Hall–Kier alpha value is -2.99. The van der Waals surface area contributed by atoms with Gasteiger partial charge in [-0.05, 0) is 49.2 Å². The number of carbonyl (C=O) groups is 1. The highest BCUT2D eigenvalue weighted by Gasteiger charge is 2.27. The fourth-order valence-electron chi connectivity index (χ4n) is 3.47. The SMILES string of the molecule is O=C(Nc1ccccc1F)C1CCCN(c2ccc(-c3ccc(Cl)cc3)nn2)C1. The second kappa shape index (κ2) is 8.57. The van der Waals surface area contributed by atoms with E-state index in [2.05, 4.69) is 15.5 Å². The van der Waals surface area contributed by atoms with Crippen molar-refractivity contribution in [3.63, 3.8) is 0 Å². The third-order valence-electron chi connectivity index (χ3n) is 5.04. The van der Waals surface area contributed by atoms with Crippen LogP contribution in [0.2, 0.25) is 5.02 Å². The highest BCUT2D eigenvalue weighted by molar-refractivity contribution is 6.30. The van der Waals surface area contributed by atoms with E-state index in [4.69, 9.17) is 11.6 Å². The summed E-state index contributed by atoms with van der Waals surface area (Å²) in [6.07, 6.45) is 1.61. The fraction of sp³-hybridized carbons (Fsp3) is 0.227. The van der Waals surface area contributed by atoms with Gasteiger partial charge in [-0.3, -0.25) is 4.79 Å². The Labute approximate surface area is 173 Å². The zero-order chi connectivity index (χ0) is 20.2. The van der Waals surface area contributed by atoms with Gasteiger partial charge in [-0.2, -0.15) is 0 Å². The quantitative estimate of drug-likeness (QED) is 0.671. The van der Waals surface area contributed by atoms with Gasteiger partial charge in [0, 0.05) is 23.7 Å². The normalized spacial score (nSPS) is 16.5. The molecule has 2 heterocycles. The van der Waals surface area contributed by atoms with E-state index in [1.165, 1.54) is 6.07 Å². The molecular formula is C22H20ClFN4O. The van der Waals surface area contributed by atoms with Crippen molar-refractivity contribution in [2.75, 3.05) is 23.3 Å². The number of amides is 1. The van der Waals surface area contributed by atoms with Crippen LogP contribution < -0.4 is 10.2 Å². The number of hydrogen-bond acceptors (Lipinski definition) is 4. The second-order valence-corrected chi connectivity index (χ2v) is 7.47. The molecule has 1 aliphatic rings. The van der Waals surface area contributed by atoms with Crippen LogP contribution in [-0.2, 0) is 4.79 Å². The Morgan fingerprint density at radius 1 is 1.07 bits per heavy atom. The third kappa shape index (κ3) is 4.54. The molecule has 4 rings (SSSR count). The monoisotopic (exact) mass is 410 g/mol. The molecular weight excluding hydrogens is 391 g/mol. The van der Waals surface area contributed by atoms with Crippen molar-refractivity contribution < 1.29 is 9.18 Å². The number of para-hydroxylation sites is 1. The molecule has 1 fully saturated rings. The number of hydrogen-bond donors (Lipinski definition) is 1. The highest BCUT2D eigenvalue weighted by Crippen LogP contribution is 2.25. The predicted molar refractivity (Wildman–Crippen MR) is 112 cm³/mol. The highest BCUT2D eigenvalue weighted by atomic mass is 35.5. The summed E-state index contributed by atoms with van der Waals surface area (Å²) in [5, 5.41) is 12.0. The Balaban J connectivity index is 1.43. The number of halogens is 2. The van der Waals surface area contributed by atoms with E-state index in [1.807, 2.05) is 41.3 Å². The van der Waals surface area contributed by atoms with Gasteiger partial charge in [0.25, 0.3) is 0 Å². The lowest BCUT2D eigenvalue weighted by Gasteiger charge is -2.32. The molecule has 0 saturated carbocycles. The van der Waals surface area contributed by atoms with Crippen molar-refractivity contribution >= 4 is 29.0 Å². The van der Waals surface area contributed by atoms with E-state index in [0.717, 1.165) is 36.5 Å². The first kappa shape index (κ1) is 19.3. The van der Waals surface area contributed by atoms with Crippen LogP contribution in [0.5, 0.6) is 0 Å². The Morgan fingerprint density at radius 2 is 1.86 bits per heavy atom. The van der Waals surface area contributed by atoms with Crippen LogP contribution in [0.3, 0.4) is 0 Å². The van der Waals surface area contributed by atoms with Crippen molar-refractivity contribution in [2.24, 2.45) is 5.92 Å². The first-order valence-corrected chi connectivity index (χ1v) is 9.88. The predicted octanol–water partition coefficient (Wildman–Crippen LogP) is 4.79. The summed E-state index contributed by atoms with van der Waals surface area (Å²) in [7, 11) is 0. The lowest BCUT2D eigenvalue weighted by atomic mass is 9.97. The Kier molecular flexibility index (Phi) is 5.71. The largest absolute Gasteiger partial charge is 0.354 e. The first-order chi connectivity index (χ1) is 14.1. The van der Waals surface area contributed by atoms with Gasteiger partial charge in [-0.1, -0.05) is 35.9 Å². The minimum absolute atomic E-state index is 0.175. The molecule has 1 aromatic heterocycles. The summed E-state index contributed by atoms with van der Waals surface area (Å²) in [6, 6.07) is 17.4. The Morgan fingerprint density at radius 3 is 2.59 bits per heavy atom. The van der Waals surface area contributed by atoms with Crippen molar-refractivity contribution in [3.8, 4) is 11.3 Å². The minimum Gasteiger partial charge on any atom is -0.354 e. The van der Waals surface area contributed by atoms with Crippen LogP contribution in [0.4, 0.5) is 15.9 Å². The van der Waals surface area contributed by atoms with Crippen LogP contribution in [0.1, 0.15) is 12.8 Å². The lowest BCUT2D eigenvalue weighted by molar-refractivity contribution is -0.120. The molecule has 7 heteroatoms. The van der Waals surface area contributed by atoms with Crippen molar-refractivity contribution in [2.45, 2.75) is 12.8 Å². The number of carbonyl (C=O) groups excluding carboxylic acids is 1. The molecule has 0 spiro atoms. The van der Waals surface area contributed by atoms with E-state index in [9.17, 15) is 9.18 Å². The third-order valence-corrected chi connectivity index (χ3v) is 5.29. The average molecular weight is 411 g/mol. The first-order valence-electron chi connectivity index (χ1n) is 9.50. The van der Waals surface area contributed by atoms with Gasteiger partial charge < -0.3 is 10.2 Å². The number of nitrogens with one attached hydrogen (secondary N) is 1. The van der Waals surface area contributed by atoms with Gasteiger partial charge >= 0.3 is 0 Å². The molecule has 5 nitrogen and oxygen atoms in total. The summed E-state index contributed by atoms with van der Waals surface area (Å²) >= 11 is 5.93. The molecule has 1 amide bonds. The van der Waals surface area contributed by atoms with Crippen molar-refractivity contribution in [1.82, 2.24) is 10.2 Å². The fourth-order valence-corrected chi connectivity index (χ4v) is 3.59. The van der Waals surface area contributed by atoms with Gasteiger partial charge in [0.2, 0.25) is 5.91 Å². The van der Waals surface area contributed by atoms with Gasteiger partial charge in [-0.25, -0.2) is 4.39 Å². The summed E-state index contributed by atoms with van der Waals surface area (Å²) in [4.78, 5) is 14.7. The van der Waals surface area contributed by atoms with Crippen LogP contribution in [-0.4, -0.2) is 29.2 Å². The maximum atomic E-state index is 13.8. The standard InChI is InChI=1S/C22H20ClFN4O/c23-17-9-7-15(8-10-17)19-11-12-21(27-26-19)28-13-3-4-16(14-28)22(29)25-20-6-2-1-5-18(20)24/h1-2,5-12,16H,3-4,13-14H2,(H,25,29). The van der Waals surface area contributed by atoms with Crippen molar-refractivity contribution in [1.29, 1.82) is 0 Å². The van der Waals surface area contributed by atoms with Gasteiger partial charge in [0.05, 0.1) is 17.3 Å². The maximum Gasteiger partial charge on any atom is 0.229 e. The number of benzene rings is 2. The van der Waals surface area contributed by atoms with Gasteiger partial charge in [0.1, 0.15) is 5.82 Å². The minimum atomic E-state index is -0.433. The number of nitrogens with zero attached hydrogens (tertiary/aromatic N) is 3. The molecule has 29 heavy (non-hydrogen) atoms. The number of anilines is 2. The summed E-state index contributed by atoms with van der Waals surface area (Å²) in [6.45, 7) is 1.33. The molecule has 148 valence electrons. The second-order valence-electron chi connectivity index (χ2n) is 7.04. The lowest BCUT2D eigenvalue weighted by Crippen LogP contribution is -2.41. The van der Waals surface area contributed by atoms with E-state index < -0.39 is 5.82 Å². The summed E-state index contributed by atoms with van der Waals surface area (Å²) < 4.78 is 13.8. The maximum absolute atomic E-state index is 13.8. The molecule has 2 aromatic carbocycles. The molecule has 0 bridgehead atoms. The number of aromatic nitrogens is 2. The molecule has 0 aliphatic carbocycles. The molecule has 1 N–H and O–H groups in total. The average Bonchev–Trinajstić information content (AvgIpc) is 2.76. The van der Waals surface area contributed by atoms with Crippen molar-refractivity contribution in [3.05, 3.63) is 71.5 Å². The summed E-state index contributed by atoms with van der Waals surface area (Å²) in [5.41, 5.74) is 1.91. The van der Waals surface area contributed by atoms with E-state index in [1.54, 1.807) is 18.2 Å². The van der Waals surface area contributed by atoms with E-state index in [0.29, 0.717) is 11.6 Å². The molecule has 1 unspecified atom stereocenters. The molecule has 0 radical (unpaired) electrons. The summed E-state index contributed by atoms with van der Waals surface area (Å²) in [5.74, 6) is -0.116.